The van der Waals surface area contributed by atoms with Gasteiger partial charge in [0.1, 0.15) is 0 Å². The molecule has 0 fully saturated rings. The van der Waals surface area contributed by atoms with E-state index < -0.39 is 0 Å². The predicted molar refractivity (Wildman–Crippen MR) is 59.6 cm³/mol. The molecule has 0 aliphatic rings. The Morgan fingerprint density at radius 2 is 1.69 bits per heavy atom. The molecule has 0 heterocycles. The van der Waals surface area contributed by atoms with Crippen LogP contribution in [0.15, 0.2) is 30.3 Å². The highest BCUT2D eigenvalue weighted by atomic mass is 15.1. The van der Waals surface area contributed by atoms with E-state index in [0.717, 1.165) is 13.1 Å². The van der Waals surface area contributed by atoms with Gasteiger partial charge in [0.05, 0.1) is 0 Å². The van der Waals surface area contributed by atoms with Gasteiger partial charge < -0.3 is 11.1 Å². The van der Waals surface area contributed by atoms with E-state index in [1.807, 2.05) is 0 Å². The number of para-hydroxylation sites is 1. The van der Waals surface area contributed by atoms with E-state index in [1.54, 1.807) is 0 Å². The average Bonchev–Trinajstić information content (AvgIpc) is 2.15. The van der Waals surface area contributed by atoms with Crippen molar-refractivity contribution in [3.63, 3.8) is 0 Å². The molecule has 2 heteroatoms. The third-order valence-corrected chi connectivity index (χ3v) is 2.00. The van der Waals surface area contributed by atoms with Crippen LogP contribution < -0.4 is 11.1 Å². The highest BCUT2D eigenvalue weighted by molar-refractivity contribution is 5.45. The lowest BCUT2D eigenvalue weighted by atomic mass is 10.3. The Hall–Kier alpha value is -1.02. The zero-order chi connectivity index (χ0) is 8.81. The van der Waals surface area contributed by atoms with Crippen LogP contribution in [0.3, 0.4) is 0 Å². The van der Waals surface area contributed by atoms with Gasteiger partial charge in [0.15, 0.2) is 0 Å². The maximum absolute atomic E-state index is 2.39. The molecule has 13 heavy (non-hydrogen) atoms. The molecule has 0 atom stereocenters. The second kappa shape index (κ2) is 6.49. The molecule has 0 aliphatic carbocycles. The summed E-state index contributed by atoms with van der Waals surface area (Å²) in [5.74, 6) is 0. The fourth-order valence-electron chi connectivity index (χ4n) is 1.38. The van der Waals surface area contributed by atoms with Gasteiger partial charge in [0.25, 0.3) is 0 Å². The van der Waals surface area contributed by atoms with Crippen molar-refractivity contribution >= 4 is 5.69 Å². The molecule has 0 amide bonds. The molecule has 0 spiro atoms. The molecule has 0 saturated heterocycles. The quantitative estimate of drug-likeness (QED) is 0.773. The van der Waals surface area contributed by atoms with Crippen molar-refractivity contribution < 1.29 is 0 Å². The monoisotopic (exact) mass is 180 g/mol. The highest BCUT2D eigenvalue weighted by Gasteiger charge is 1.99. The summed E-state index contributed by atoms with van der Waals surface area (Å²) in [7, 11) is 0. The summed E-state index contributed by atoms with van der Waals surface area (Å²) >= 11 is 0. The summed E-state index contributed by atoms with van der Waals surface area (Å²) < 4.78 is 0. The van der Waals surface area contributed by atoms with Gasteiger partial charge in [-0.2, -0.15) is 0 Å². The normalized spacial score (nSPS) is 9.08. The van der Waals surface area contributed by atoms with Crippen LogP contribution in [0.4, 0.5) is 5.69 Å². The summed E-state index contributed by atoms with van der Waals surface area (Å²) in [4.78, 5) is 2.39. The number of anilines is 1. The Morgan fingerprint density at radius 1 is 1.08 bits per heavy atom. The van der Waals surface area contributed by atoms with Gasteiger partial charge >= 0.3 is 0 Å². The van der Waals surface area contributed by atoms with Crippen molar-refractivity contribution in [3.05, 3.63) is 30.3 Å². The van der Waals surface area contributed by atoms with E-state index >= 15 is 0 Å². The second-order valence-corrected chi connectivity index (χ2v) is 2.92. The predicted octanol–water partition coefficient (Wildman–Crippen LogP) is 3.08. The molecule has 1 aromatic rings. The lowest BCUT2D eigenvalue weighted by Crippen LogP contribution is -2.23. The van der Waals surface area contributed by atoms with Crippen LogP contribution in [-0.2, 0) is 0 Å². The highest BCUT2D eigenvalue weighted by Crippen LogP contribution is 2.12. The largest absolute Gasteiger partial charge is 0.372 e. The van der Waals surface area contributed by atoms with Crippen molar-refractivity contribution in [1.82, 2.24) is 6.15 Å². The molecule has 74 valence electrons. The van der Waals surface area contributed by atoms with Crippen LogP contribution in [0.25, 0.3) is 0 Å². The van der Waals surface area contributed by atoms with E-state index in [2.05, 4.69) is 49.1 Å². The van der Waals surface area contributed by atoms with E-state index in [4.69, 9.17) is 0 Å². The lowest BCUT2D eigenvalue weighted by molar-refractivity contribution is 0.792. The Kier molecular flexibility index (Phi) is 5.98. The van der Waals surface area contributed by atoms with Crippen LogP contribution >= 0.6 is 0 Å². The first-order chi connectivity index (χ1) is 5.88. The zero-order valence-electron chi connectivity index (χ0n) is 8.66. The van der Waals surface area contributed by atoms with Crippen molar-refractivity contribution in [2.45, 2.75) is 20.3 Å². The first kappa shape index (κ1) is 12.0. The molecule has 0 unspecified atom stereocenters. The van der Waals surface area contributed by atoms with Gasteiger partial charge in [-0.25, -0.2) is 0 Å². The number of hydrogen-bond acceptors (Lipinski definition) is 2. The molecule has 3 N–H and O–H groups in total. The molecule has 0 aliphatic heterocycles. The van der Waals surface area contributed by atoms with Crippen LogP contribution in [0.2, 0.25) is 0 Å². The van der Waals surface area contributed by atoms with Gasteiger partial charge in [0.2, 0.25) is 0 Å². The van der Waals surface area contributed by atoms with E-state index in [0.29, 0.717) is 0 Å². The number of rotatable bonds is 4. The van der Waals surface area contributed by atoms with Crippen molar-refractivity contribution in [2.24, 2.45) is 0 Å². The minimum Gasteiger partial charge on any atom is -0.372 e. The molecule has 0 aromatic heterocycles. The van der Waals surface area contributed by atoms with Crippen LogP contribution in [-0.4, -0.2) is 13.1 Å². The number of benzene rings is 1. The van der Waals surface area contributed by atoms with Gasteiger partial charge in [-0.05, 0) is 25.5 Å². The lowest BCUT2D eigenvalue weighted by Gasteiger charge is -2.21. The topological polar surface area (TPSA) is 38.2 Å². The summed E-state index contributed by atoms with van der Waals surface area (Å²) in [6.45, 7) is 6.66. The average molecular weight is 180 g/mol. The Labute approximate surface area is 81.2 Å². The van der Waals surface area contributed by atoms with E-state index in [-0.39, 0.29) is 6.15 Å². The van der Waals surface area contributed by atoms with E-state index in [1.165, 1.54) is 12.1 Å². The molecule has 1 rings (SSSR count). The molecule has 0 bridgehead atoms. The first-order valence-electron chi connectivity index (χ1n) is 4.68. The molecule has 1 aromatic carbocycles. The minimum atomic E-state index is 0. The summed E-state index contributed by atoms with van der Waals surface area (Å²) in [5, 5.41) is 0. The third kappa shape index (κ3) is 3.47. The van der Waals surface area contributed by atoms with Gasteiger partial charge in [-0.3, -0.25) is 0 Å². The standard InChI is InChI=1S/C11H17N.H3N/c1-3-10-12(4-2)11-8-6-5-7-9-11;/h5-9H,3-4,10H2,1-2H3;1H3. The van der Waals surface area contributed by atoms with Crippen LogP contribution in [0.1, 0.15) is 20.3 Å². The summed E-state index contributed by atoms with van der Waals surface area (Å²) in [6.07, 6.45) is 1.21. The molecule has 2 nitrogen and oxygen atoms in total. The van der Waals surface area contributed by atoms with Crippen molar-refractivity contribution in [1.29, 1.82) is 0 Å². The van der Waals surface area contributed by atoms with Gasteiger partial charge in [-0.1, -0.05) is 25.1 Å². The first-order valence-corrected chi connectivity index (χ1v) is 4.68. The molecule has 0 radical (unpaired) electrons. The smallest absolute Gasteiger partial charge is 0.0366 e. The zero-order valence-corrected chi connectivity index (χ0v) is 8.66. The van der Waals surface area contributed by atoms with Crippen molar-refractivity contribution in [3.8, 4) is 0 Å². The maximum Gasteiger partial charge on any atom is 0.0366 e. The Morgan fingerprint density at radius 3 is 2.15 bits per heavy atom. The number of hydrogen-bond donors (Lipinski definition) is 1. The maximum atomic E-state index is 2.39. The van der Waals surface area contributed by atoms with Crippen molar-refractivity contribution in [2.75, 3.05) is 18.0 Å². The van der Waals surface area contributed by atoms with Crippen LogP contribution in [0, 0.1) is 0 Å². The van der Waals surface area contributed by atoms with Gasteiger partial charge in [-0.15, -0.1) is 0 Å². The SMILES string of the molecule is CCCN(CC)c1ccccc1.N. The second-order valence-electron chi connectivity index (χ2n) is 2.92. The minimum absolute atomic E-state index is 0. The third-order valence-electron chi connectivity index (χ3n) is 2.00. The summed E-state index contributed by atoms with van der Waals surface area (Å²) in [5.41, 5.74) is 1.34. The fourth-order valence-corrected chi connectivity index (χ4v) is 1.38. The van der Waals surface area contributed by atoms with Crippen LogP contribution in [0.5, 0.6) is 0 Å². The Balaban J connectivity index is 0.00000144. The Bertz CT molecular complexity index is 209. The fraction of sp³-hybridized carbons (Fsp3) is 0.455. The molecular formula is C11H20N2. The van der Waals surface area contributed by atoms with E-state index in [9.17, 15) is 0 Å². The summed E-state index contributed by atoms with van der Waals surface area (Å²) in [6, 6.07) is 10.6. The molecular weight excluding hydrogens is 160 g/mol. The van der Waals surface area contributed by atoms with Gasteiger partial charge in [0, 0.05) is 18.8 Å². The number of nitrogens with zero attached hydrogens (tertiary/aromatic N) is 1. The molecule has 0 saturated carbocycles.